The van der Waals surface area contributed by atoms with Gasteiger partial charge < -0.3 is 19.8 Å². The van der Waals surface area contributed by atoms with Crippen LogP contribution >= 0.6 is 0 Å². The van der Waals surface area contributed by atoms with Gasteiger partial charge in [0.2, 0.25) is 0 Å². The SMILES string of the molecule is COc1ccc(-c2cn(CCN)c(C)n2)c(OC)c1. The third-order valence-corrected chi connectivity index (χ3v) is 3.03. The summed E-state index contributed by atoms with van der Waals surface area (Å²) in [4.78, 5) is 4.55. The smallest absolute Gasteiger partial charge is 0.132 e. The van der Waals surface area contributed by atoms with Gasteiger partial charge in [0, 0.05) is 30.9 Å². The molecule has 0 aliphatic carbocycles. The summed E-state index contributed by atoms with van der Waals surface area (Å²) in [6, 6.07) is 5.70. The Kier molecular flexibility index (Phi) is 4.06. The molecule has 0 unspecified atom stereocenters. The van der Waals surface area contributed by atoms with Crippen molar-refractivity contribution in [2.45, 2.75) is 13.5 Å². The summed E-state index contributed by atoms with van der Waals surface area (Å²) in [6.45, 7) is 3.32. The lowest BCUT2D eigenvalue weighted by atomic mass is 10.1. The highest BCUT2D eigenvalue weighted by atomic mass is 16.5. The van der Waals surface area contributed by atoms with E-state index >= 15 is 0 Å². The summed E-state index contributed by atoms with van der Waals surface area (Å²) in [7, 11) is 3.27. The van der Waals surface area contributed by atoms with Crippen molar-refractivity contribution in [1.82, 2.24) is 9.55 Å². The van der Waals surface area contributed by atoms with E-state index in [-0.39, 0.29) is 0 Å². The van der Waals surface area contributed by atoms with Gasteiger partial charge in [0.05, 0.1) is 19.9 Å². The number of hydrogen-bond acceptors (Lipinski definition) is 4. The predicted molar refractivity (Wildman–Crippen MR) is 74.6 cm³/mol. The normalized spacial score (nSPS) is 10.5. The lowest BCUT2D eigenvalue weighted by Crippen LogP contribution is -2.10. The molecule has 0 spiro atoms. The van der Waals surface area contributed by atoms with Gasteiger partial charge in [-0.15, -0.1) is 0 Å². The topological polar surface area (TPSA) is 62.3 Å². The zero-order chi connectivity index (χ0) is 13.8. The highest BCUT2D eigenvalue weighted by Gasteiger charge is 2.12. The predicted octanol–water partition coefficient (Wildman–Crippen LogP) is 1.83. The van der Waals surface area contributed by atoms with E-state index in [4.69, 9.17) is 15.2 Å². The second kappa shape index (κ2) is 5.75. The zero-order valence-electron chi connectivity index (χ0n) is 11.5. The Balaban J connectivity index is 2.43. The number of hydrogen-bond donors (Lipinski definition) is 1. The van der Waals surface area contributed by atoms with Crippen molar-refractivity contribution in [3.8, 4) is 22.8 Å². The molecule has 0 atom stereocenters. The molecule has 1 aromatic carbocycles. The van der Waals surface area contributed by atoms with Crippen LogP contribution < -0.4 is 15.2 Å². The number of rotatable bonds is 5. The molecule has 2 aromatic rings. The maximum Gasteiger partial charge on any atom is 0.132 e. The molecular weight excluding hydrogens is 242 g/mol. The number of aryl methyl sites for hydroxylation is 1. The van der Waals surface area contributed by atoms with Crippen molar-refractivity contribution < 1.29 is 9.47 Å². The van der Waals surface area contributed by atoms with Gasteiger partial charge in [-0.3, -0.25) is 0 Å². The molecule has 0 saturated heterocycles. The van der Waals surface area contributed by atoms with Crippen molar-refractivity contribution >= 4 is 0 Å². The first-order valence-corrected chi connectivity index (χ1v) is 6.15. The maximum atomic E-state index is 5.58. The number of nitrogens with two attached hydrogens (primary N) is 1. The Bertz CT molecular complexity index is 564. The Morgan fingerprint density at radius 1 is 1.26 bits per heavy atom. The molecule has 5 nitrogen and oxygen atoms in total. The van der Waals surface area contributed by atoms with Gasteiger partial charge in [-0.25, -0.2) is 4.98 Å². The second-order valence-electron chi connectivity index (χ2n) is 4.22. The molecule has 0 fully saturated rings. The van der Waals surface area contributed by atoms with Crippen LogP contribution in [0.15, 0.2) is 24.4 Å². The number of imidazole rings is 1. The fraction of sp³-hybridized carbons (Fsp3) is 0.357. The first-order valence-electron chi connectivity index (χ1n) is 6.15. The highest BCUT2D eigenvalue weighted by molar-refractivity contribution is 5.68. The van der Waals surface area contributed by atoms with E-state index < -0.39 is 0 Å². The van der Waals surface area contributed by atoms with Gasteiger partial charge in [0.1, 0.15) is 17.3 Å². The van der Waals surface area contributed by atoms with Crippen molar-refractivity contribution in [3.05, 3.63) is 30.2 Å². The minimum Gasteiger partial charge on any atom is -0.497 e. The van der Waals surface area contributed by atoms with Gasteiger partial charge in [0.25, 0.3) is 0 Å². The summed E-state index contributed by atoms with van der Waals surface area (Å²) in [5.41, 5.74) is 7.41. The van der Waals surface area contributed by atoms with Gasteiger partial charge in [-0.05, 0) is 19.1 Å². The first kappa shape index (κ1) is 13.4. The monoisotopic (exact) mass is 261 g/mol. The second-order valence-corrected chi connectivity index (χ2v) is 4.22. The van der Waals surface area contributed by atoms with E-state index in [1.165, 1.54) is 0 Å². The third-order valence-electron chi connectivity index (χ3n) is 3.03. The van der Waals surface area contributed by atoms with Crippen LogP contribution in [0.3, 0.4) is 0 Å². The molecule has 0 aliphatic rings. The van der Waals surface area contributed by atoms with Crippen molar-refractivity contribution in [3.63, 3.8) is 0 Å². The first-order chi connectivity index (χ1) is 9.19. The largest absolute Gasteiger partial charge is 0.497 e. The van der Waals surface area contributed by atoms with Crippen LogP contribution in [-0.2, 0) is 6.54 Å². The summed E-state index contributed by atoms with van der Waals surface area (Å²) in [6.07, 6.45) is 1.99. The number of ether oxygens (including phenoxy) is 2. The Hall–Kier alpha value is -2.01. The van der Waals surface area contributed by atoms with Gasteiger partial charge in [-0.2, -0.15) is 0 Å². The van der Waals surface area contributed by atoms with E-state index in [1.54, 1.807) is 14.2 Å². The summed E-state index contributed by atoms with van der Waals surface area (Å²) >= 11 is 0. The number of aromatic nitrogens is 2. The van der Waals surface area contributed by atoms with Crippen LogP contribution in [0.25, 0.3) is 11.3 Å². The van der Waals surface area contributed by atoms with Crippen LogP contribution in [-0.4, -0.2) is 30.3 Å². The third kappa shape index (κ3) is 2.71. The number of nitrogens with zero attached hydrogens (tertiary/aromatic N) is 2. The van der Waals surface area contributed by atoms with E-state index in [0.29, 0.717) is 6.54 Å². The van der Waals surface area contributed by atoms with Crippen LogP contribution in [0.5, 0.6) is 11.5 Å². The average molecular weight is 261 g/mol. The molecule has 0 radical (unpaired) electrons. The molecule has 5 heteroatoms. The quantitative estimate of drug-likeness (QED) is 0.892. The van der Waals surface area contributed by atoms with Gasteiger partial charge in [-0.1, -0.05) is 0 Å². The van der Waals surface area contributed by atoms with Crippen LogP contribution in [0.4, 0.5) is 0 Å². The summed E-state index contributed by atoms with van der Waals surface area (Å²) < 4.78 is 12.6. The molecule has 19 heavy (non-hydrogen) atoms. The Labute approximate surface area is 113 Å². The average Bonchev–Trinajstić information content (AvgIpc) is 2.79. The lowest BCUT2D eigenvalue weighted by Gasteiger charge is -2.08. The van der Waals surface area contributed by atoms with Crippen LogP contribution in [0, 0.1) is 6.92 Å². The maximum absolute atomic E-state index is 5.58. The zero-order valence-corrected chi connectivity index (χ0v) is 11.5. The van der Waals surface area contributed by atoms with Gasteiger partial charge >= 0.3 is 0 Å². The standard InChI is InChI=1S/C14H19N3O2/c1-10-16-13(9-17(10)7-6-15)12-5-4-11(18-2)8-14(12)19-3/h4-5,8-9H,6-7,15H2,1-3H3. The van der Waals surface area contributed by atoms with Crippen LogP contribution in [0.2, 0.25) is 0 Å². The fourth-order valence-electron chi connectivity index (χ4n) is 2.01. The van der Waals surface area contributed by atoms with E-state index in [1.807, 2.05) is 35.9 Å². The minimum absolute atomic E-state index is 0.594. The number of benzene rings is 1. The Morgan fingerprint density at radius 3 is 2.68 bits per heavy atom. The van der Waals surface area contributed by atoms with Crippen molar-refractivity contribution in [2.75, 3.05) is 20.8 Å². The Morgan fingerprint density at radius 2 is 2.05 bits per heavy atom. The van der Waals surface area contributed by atoms with E-state index in [2.05, 4.69) is 4.98 Å². The molecule has 102 valence electrons. The van der Waals surface area contributed by atoms with Crippen molar-refractivity contribution in [2.24, 2.45) is 5.73 Å². The summed E-state index contributed by atoms with van der Waals surface area (Å²) in [5.74, 6) is 2.45. The van der Waals surface area contributed by atoms with Gasteiger partial charge in [0.15, 0.2) is 0 Å². The highest BCUT2D eigenvalue weighted by Crippen LogP contribution is 2.32. The molecule has 0 bridgehead atoms. The summed E-state index contributed by atoms with van der Waals surface area (Å²) in [5, 5.41) is 0. The van der Waals surface area contributed by atoms with E-state index in [9.17, 15) is 0 Å². The number of methoxy groups -OCH3 is 2. The molecule has 0 saturated carbocycles. The molecule has 0 aliphatic heterocycles. The lowest BCUT2D eigenvalue weighted by molar-refractivity contribution is 0.395. The van der Waals surface area contributed by atoms with E-state index in [0.717, 1.165) is 35.1 Å². The molecule has 2 N–H and O–H groups in total. The molecule has 2 rings (SSSR count). The fourth-order valence-corrected chi connectivity index (χ4v) is 2.01. The molecular formula is C14H19N3O2. The van der Waals surface area contributed by atoms with Crippen molar-refractivity contribution in [1.29, 1.82) is 0 Å². The molecule has 0 amide bonds. The molecule has 1 aromatic heterocycles. The molecule has 1 heterocycles. The van der Waals surface area contributed by atoms with Crippen LogP contribution in [0.1, 0.15) is 5.82 Å². The minimum atomic E-state index is 0.594.